The van der Waals surface area contributed by atoms with Gasteiger partial charge in [0, 0.05) is 6.07 Å². The highest BCUT2D eigenvalue weighted by atomic mass is 16.6. The minimum atomic E-state index is -0.367. The number of phenols is 1. The molecule has 0 saturated heterocycles. The Morgan fingerprint density at radius 3 is 2.90 bits per heavy atom. The molecule has 108 valence electrons. The molecule has 5 heteroatoms. The monoisotopic (exact) mass is 284 g/mol. The quantitative estimate of drug-likeness (QED) is 0.665. The predicted molar refractivity (Wildman–Crippen MR) is 80.6 cm³/mol. The van der Waals surface area contributed by atoms with E-state index in [1.807, 2.05) is 19.1 Å². The van der Waals surface area contributed by atoms with Crippen LogP contribution in [-0.2, 0) is 6.42 Å². The van der Waals surface area contributed by atoms with Crippen LogP contribution in [0.25, 0.3) is 0 Å². The number of nitrogens with zero attached hydrogens (tertiary/aromatic N) is 1. The number of nitrogens with one attached hydrogen (secondary N) is 1. The van der Waals surface area contributed by atoms with Crippen molar-refractivity contribution in [2.75, 3.05) is 5.32 Å². The molecule has 2 aromatic rings. The van der Waals surface area contributed by atoms with Crippen LogP contribution in [0.4, 0.5) is 11.4 Å². The molecule has 0 saturated carbocycles. The minimum absolute atomic E-state index is 0.00601. The number of fused-ring (bicyclic) bond motifs is 1. The Bertz CT molecular complexity index is 713. The summed E-state index contributed by atoms with van der Waals surface area (Å²) in [6.45, 7) is 1.83. The van der Waals surface area contributed by atoms with Crippen molar-refractivity contribution in [3.8, 4) is 5.75 Å². The van der Waals surface area contributed by atoms with Gasteiger partial charge in [-0.15, -0.1) is 0 Å². The predicted octanol–water partition coefficient (Wildman–Crippen LogP) is 3.71. The maximum absolute atomic E-state index is 11.2. The lowest BCUT2D eigenvalue weighted by molar-refractivity contribution is -0.384. The van der Waals surface area contributed by atoms with E-state index in [1.165, 1.54) is 0 Å². The molecule has 3 rings (SSSR count). The van der Waals surface area contributed by atoms with Gasteiger partial charge in [0.2, 0.25) is 0 Å². The van der Waals surface area contributed by atoms with Crippen LogP contribution >= 0.6 is 0 Å². The van der Waals surface area contributed by atoms with E-state index in [4.69, 9.17) is 0 Å². The Labute approximate surface area is 122 Å². The van der Waals surface area contributed by atoms with Gasteiger partial charge in [0.05, 0.1) is 11.0 Å². The van der Waals surface area contributed by atoms with Crippen LogP contribution in [0.2, 0.25) is 0 Å². The fourth-order valence-electron chi connectivity index (χ4n) is 2.89. The zero-order valence-corrected chi connectivity index (χ0v) is 11.7. The lowest BCUT2D eigenvalue weighted by atomic mass is 10.1. The molecule has 1 aliphatic rings. The van der Waals surface area contributed by atoms with Crippen molar-refractivity contribution in [3.05, 3.63) is 63.2 Å². The van der Waals surface area contributed by atoms with Crippen molar-refractivity contribution >= 4 is 11.4 Å². The molecule has 0 heterocycles. The van der Waals surface area contributed by atoms with Crippen LogP contribution in [0.1, 0.15) is 29.2 Å². The van der Waals surface area contributed by atoms with Gasteiger partial charge in [-0.2, -0.15) is 0 Å². The maximum Gasteiger partial charge on any atom is 0.292 e. The number of nitro benzene ring substituents is 1. The molecule has 5 nitrogen and oxygen atoms in total. The Kier molecular flexibility index (Phi) is 3.25. The molecular formula is C16H16N2O3. The van der Waals surface area contributed by atoms with Crippen molar-refractivity contribution in [2.24, 2.45) is 0 Å². The standard InChI is InChI=1S/C16H16N2O3/c1-10-5-7-14(15(9-10)18(20)21)17-13-8-6-12-11(13)3-2-4-16(12)19/h2-5,7,9,13,17,19H,6,8H2,1H3. The van der Waals surface area contributed by atoms with E-state index in [0.717, 1.165) is 29.5 Å². The van der Waals surface area contributed by atoms with Crippen LogP contribution in [-0.4, -0.2) is 10.0 Å². The molecule has 0 amide bonds. The molecule has 0 radical (unpaired) electrons. The molecule has 0 spiro atoms. The van der Waals surface area contributed by atoms with E-state index in [0.29, 0.717) is 11.4 Å². The smallest absolute Gasteiger partial charge is 0.292 e. The third kappa shape index (κ3) is 2.42. The van der Waals surface area contributed by atoms with E-state index < -0.39 is 0 Å². The van der Waals surface area contributed by atoms with Gasteiger partial charge in [-0.25, -0.2) is 0 Å². The normalized spacial score (nSPS) is 16.5. The largest absolute Gasteiger partial charge is 0.508 e. The SMILES string of the molecule is Cc1ccc(NC2CCc3c(O)cccc32)c([N+](=O)[O-])c1. The van der Waals surface area contributed by atoms with Gasteiger partial charge in [-0.05, 0) is 48.6 Å². The van der Waals surface area contributed by atoms with E-state index >= 15 is 0 Å². The molecule has 0 aromatic heterocycles. The van der Waals surface area contributed by atoms with Crippen molar-refractivity contribution in [1.29, 1.82) is 0 Å². The molecule has 1 aliphatic carbocycles. The van der Waals surface area contributed by atoms with Crippen LogP contribution in [0, 0.1) is 17.0 Å². The van der Waals surface area contributed by atoms with Crippen LogP contribution in [0.3, 0.4) is 0 Å². The summed E-state index contributed by atoms with van der Waals surface area (Å²) in [5, 5.41) is 24.3. The number of hydrogen-bond donors (Lipinski definition) is 2. The van der Waals surface area contributed by atoms with Gasteiger partial charge >= 0.3 is 0 Å². The first-order chi connectivity index (χ1) is 10.1. The second kappa shape index (κ2) is 5.09. The number of nitro groups is 1. The first-order valence-electron chi connectivity index (χ1n) is 6.88. The molecule has 0 fully saturated rings. The van der Waals surface area contributed by atoms with Crippen molar-refractivity contribution in [3.63, 3.8) is 0 Å². The summed E-state index contributed by atoms with van der Waals surface area (Å²) in [5.41, 5.74) is 3.42. The van der Waals surface area contributed by atoms with E-state index in [1.54, 1.807) is 24.3 Å². The molecular weight excluding hydrogens is 268 g/mol. The third-order valence-corrected chi connectivity index (χ3v) is 3.93. The van der Waals surface area contributed by atoms with Crippen molar-refractivity contribution in [1.82, 2.24) is 0 Å². The highest BCUT2D eigenvalue weighted by Crippen LogP contribution is 2.39. The topological polar surface area (TPSA) is 75.4 Å². The average molecular weight is 284 g/mol. The Hall–Kier alpha value is -2.56. The Morgan fingerprint density at radius 1 is 1.33 bits per heavy atom. The van der Waals surface area contributed by atoms with Crippen molar-refractivity contribution < 1.29 is 10.0 Å². The lowest BCUT2D eigenvalue weighted by Gasteiger charge is -2.16. The van der Waals surface area contributed by atoms with Gasteiger partial charge in [0.1, 0.15) is 11.4 Å². The van der Waals surface area contributed by atoms with Gasteiger partial charge in [-0.3, -0.25) is 10.1 Å². The Balaban J connectivity index is 1.93. The van der Waals surface area contributed by atoms with Crippen LogP contribution < -0.4 is 5.32 Å². The number of rotatable bonds is 3. The summed E-state index contributed by atoms with van der Waals surface area (Å²) >= 11 is 0. The Morgan fingerprint density at radius 2 is 2.14 bits per heavy atom. The van der Waals surface area contributed by atoms with Gasteiger partial charge < -0.3 is 10.4 Å². The summed E-state index contributed by atoms with van der Waals surface area (Å²) in [6, 6.07) is 10.6. The molecule has 1 unspecified atom stereocenters. The molecule has 1 atom stereocenters. The first kappa shape index (κ1) is 13.4. The minimum Gasteiger partial charge on any atom is -0.508 e. The fourth-order valence-corrected chi connectivity index (χ4v) is 2.89. The molecule has 21 heavy (non-hydrogen) atoms. The first-order valence-corrected chi connectivity index (χ1v) is 6.88. The summed E-state index contributed by atoms with van der Waals surface area (Å²) in [5.74, 6) is 0.301. The molecule has 2 N–H and O–H groups in total. The number of phenolic OH excluding ortho intramolecular Hbond substituents is 1. The zero-order valence-electron chi connectivity index (χ0n) is 11.7. The highest BCUT2D eigenvalue weighted by molar-refractivity contribution is 5.64. The van der Waals surface area contributed by atoms with E-state index in [-0.39, 0.29) is 16.7 Å². The van der Waals surface area contributed by atoms with Gasteiger partial charge in [0.15, 0.2) is 0 Å². The summed E-state index contributed by atoms with van der Waals surface area (Å²) in [7, 11) is 0. The molecule has 0 bridgehead atoms. The summed E-state index contributed by atoms with van der Waals surface area (Å²) < 4.78 is 0. The highest BCUT2D eigenvalue weighted by Gasteiger charge is 2.26. The number of anilines is 1. The lowest BCUT2D eigenvalue weighted by Crippen LogP contribution is -2.09. The van der Waals surface area contributed by atoms with Gasteiger partial charge in [0.25, 0.3) is 5.69 Å². The van der Waals surface area contributed by atoms with Crippen LogP contribution in [0.5, 0.6) is 5.75 Å². The maximum atomic E-state index is 11.2. The second-order valence-electron chi connectivity index (χ2n) is 5.36. The summed E-state index contributed by atoms with van der Waals surface area (Å²) in [4.78, 5) is 10.8. The van der Waals surface area contributed by atoms with Gasteiger partial charge in [-0.1, -0.05) is 18.2 Å². The van der Waals surface area contributed by atoms with E-state index in [2.05, 4.69) is 5.32 Å². The summed E-state index contributed by atoms with van der Waals surface area (Å²) in [6.07, 6.45) is 1.59. The zero-order chi connectivity index (χ0) is 15.0. The number of aromatic hydroxyl groups is 1. The molecule has 0 aliphatic heterocycles. The second-order valence-corrected chi connectivity index (χ2v) is 5.36. The van der Waals surface area contributed by atoms with E-state index in [9.17, 15) is 15.2 Å². The number of benzene rings is 2. The van der Waals surface area contributed by atoms with Crippen molar-refractivity contribution in [2.45, 2.75) is 25.8 Å². The fraction of sp³-hybridized carbons (Fsp3) is 0.250. The number of aryl methyl sites for hydroxylation is 1. The number of hydrogen-bond acceptors (Lipinski definition) is 4. The average Bonchev–Trinajstić information content (AvgIpc) is 2.85. The molecule has 2 aromatic carbocycles. The van der Waals surface area contributed by atoms with Crippen LogP contribution in [0.15, 0.2) is 36.4 Å². The third-order valence-electron chi connectivity index (χ3n) is 3.93.